The molecule has 1 aliphatic carbocycles. The van der Waals surface area contributed by atoms with Gasteiger partial charge in [0.15, 0.2) is 23.0 Å². The summed E-state index contributed by atoms with van der Waals surface area (Å²) in [6, 6.07) is 9.55. The van der Waals surface area contributed by atoms with Gasteiger partial charge in [0.05, 0.1) is 40.1 Å². The molecule has 1 amide bonds. The molecule has 1 N–H and O–H groups in total. The molecule has 0 saturated heterocycles. The number of hydrogen-bond donors (Lipinski definition) is 1. The van der Waals surface area contributed by atoms with Gasteiger partial charge in [0.25, 0.3) is 0 Å². The standard InChI is InChI=1S/C30H36N2O5/c1-17(2)11-21-28(30(21,3)4)29(33)32-22-16-27(37-8)25(35-6)14-19(22)12-23-20-15-26(36-7)24(34-5)13-18(20)9-10-31-23/h9-11,13-16,21,28H,12H2,1-8H3,(H,32,33)/t21-,28-/m1/s1. The van der Waals surface area contributed by atoms with Gasteiger partial charge in [-0.25, -0.2) is 0 Å². The van der Waals surface area contributed by atoms with E-state index in [0.29, 0.717) is 35.1 Å². The highest BCUT2D eigenvalue weighted by molar-refractivity contribution is 5.97. The van der Waals surface area contributed by atoms with Crippen LogP contribution in [0.1, 0.15) is 39.0 Å². The van der Waals surface area contributed by atoms with Crippen molar-refractivity contribution in [3.63, 3.8) is 0 Å². The topological polar surface area (TPSA) is 78.9 Å². The molecule has 1 heterocycles. The average molecular weight is 505 g/mol. The highest BCUT2D eigenvalue weighted by Gasteiger charge is 2.60. The lowest BCUT2D eigenvalue weighted by Gasteiger charge is -2.17. The van der Waals surface area contributed by atoms with Crippen molar-refractivity contribution in [2.75, 3.05) is 33.8 Å². The van der Waals surface area contributed by atoms with E-state index >= 15 is 0 Å². The fraction of sp³-hybridized carbons (Fsp3) is 0.400. The fourth-order valence-electron chi connectivity index (χ4n) is 5.12. The first-order chi connectivity index (χ1) is 17.6. The van der Waals surface area contributed by atoms with Gasteiger partial charge < -0.3 is 24.3 Å². The molecule has 37 heavy (non-hydrogen) atoms. The summed E-state index contributed by atoms with van der Waals surface area (Å²) in [5.41, 5.74) is 3.52. The van der Waals surface area contributed by atoms with Crippen molar-refractivity contribution in [3.8, 4) is 23.0 Å². The second-order valence-electron chi connectivity index (χ2n) is 10.3. The maximum Gasteiger partial charge on any atom is 0.228 e. The van der Waals surface area contributed by atoms with Crippen molar-refractivity contribution in [1.29, 1.82) is 0 Å². The average Bonchev–Trinajstić information content (AvgIpc) is 3.42. The minimum atomic E-state index is -0.101. The van der Waals surface area contributed by atoms with Gasteiger partial charge in [-0.15, -0.1) is 0 Å². The van der Waals surface area contributed by atoms with Crippen molar-refractivity contribution >= 4 is 22.4 Å². The number of carbonyl (C=O) groups excluding carboxylic acids is 1. The third-order valence-corrected chi connectivity index (χ3v) is 7.28. The minimum absolute atomic E-state index is 0.00162. The maximum absolute atomic E-state index is 13.4. The number of fused-ring (bicyclic) bond motifs is 1. The number of rotatable bonds is 9. The van der Waals surface area contributed by atoms with Crippen LogP contribution >= 0.6 is 0 Å². The van der Waals surface area contributed by atoms with Crippen LogP contribution in [-0.4, -0.2) is 39.3 Å². The summed E-state index contributed by atoms with van der Waals surface area (Å²) in [6.45, 7) is 8.41. The van der Waals surface area contributed by atoms with Crippen LogP contribution in [0, 0.1) is 17.3 Å². The molecule has 1 saturated carbocycles. The van der Waals surface area contributed by atoms with E-state index in [4.69, 9.17) is 18.9 Å². The van der Waals surface area contributed by atoms with Crippen LogP contribution in [0.25, 0.3) is 10.8 Å². The van der Waals surface area contributed by atoms with Gasteiger partial charge in [0.2, 0.25) is 5.91 Å². The van der Waals surface area contributed by atoms with E-state index in [1.54, 1.807) is 34.6 Å². The summed E-state index contributed by atoms with van der Waals surface area (Å²) in [4.78, 5) is 18.1. The molecule has 0 unspecified atom stereocenters. The van der Waals surface area contributed by atoms with Gasteiger partial charge >= 0.3 is 0 Å². The van der Waals surface area contributed by atoms with Gasteiger partial charge in [-0.05, 0) is 60.4 Å². The number of anilines is 1. The fourth-order valence-corrected chi connectivity index (χ4v) is 5.12. The van der Waals surface area contributed by atoms with Crippen LogP contribution in [0.3, 0.4) is 0 Å². The molecular weight excluding hydrogens is 468 g/mol. The Morgan fingerprint density at radius 2 is 1.54 bits per heavy atom. The quantitative estimate of drug-likeness (QED) is 0.358. The molecule has 0 bridgehead atoms. The Hall–Kier alpha value is -3.74. The number of aromatic nitrogens is 1. The molecule has 0 spiro atoms. The highest BCUT2D eigenvalue weighted by Crippen LogP contribution is 2.59. The van der Waals surface area contributed by atoms with Gasteiger partial charge in [-0.3, -0.25) is 9.78 Å². The number of allylic oxidation sites excluding steroid dienone is 2. The van der Waals surface area contributed by atoms with Crippen LogP contribution in [0.2, 0.25) is 0 Å². The van der Waals surface area contributed by atoms with Crippen molar-refractivity contribution in [1.82, 2.24) is 4.98 Å². The van der Waals surface area contributed by atoms with Crippen molar-refractivity contribution in [2.24, 2.45) is 17.3 Å². The number of amides is 1. The smallest absolute Gasteiger partial charge is 0.228 e. The summed E-state index contributed by atoms with van der Waals surface area (Å²) in [5, 5.41) is 5.12. The Balaban J connectivity index is 1.74. The zero-order valence-electron chi connectivity index (χ0n) is 22.9. The number of benzene rings is 2. The monoisotopic (exact) mass is 504 g/mol. The summed E-state index contributed by atoms with van der Waals surface area (Å²) in [7, 11) is 6.42. The third kappa shape index (κ3) is 5.08. The zero-order valence-corrected chi connectivity index (χ0v) is 22.9. The third-order valence-electron chi connectivity index (χ3n) is 7.28. The van der Waals surface area contributed by atoms with Crippen LogP contribution in [0.4, 0.5) is 5.69 Å². The van der Waals surface area contributed by atoms with E-state index in [-0.39, 0.29) is 23.2 Å². The molecule has 1 aromatic heterocycles. The van der Waals surface area contributed by atoms with Crippen LogP contribution in [-0.2, 0) is 11.2 Å². The number of hydrogen-bond acceptors (Lipinski definition) is 6. The van der Waals surface area contributed by atoms with Gasteiger partial charge in [-0.2, -0.15) is 0 Å². The molecule has 196 valence electrons. The molecule has 3 aromatic rings. The number of pyridine rings is 1. The van der Waals surface area contributed by atoms with Crippen molar-refractivity contribution in [2.45, 2.75) is 34.1 Å². The van der Waals surface area contributed by atoms with Gasteiger partial charge in [-0.1, -0.05) is 25.5 Å². The number of ether oxygens (including phenoxy) is 4. The Labute approximate surface area is 218 Å². The Morgan fingerprint density at radius 1 is 0.946 bits per heavy atom. The molecule has 0 radical (unpaired) electrons. The number of nitrogens with one attached hydrogen (secondary N) is 1. The first-order valence-electron chi connectivity index (χ1n) is 12.3. The predicted octanol–water partition coefficient (Wildman–Crippen LogP) is 6.04. The molecule has 1 fully saturated rings. The summed E-state index contributed by atoms with van der Waals surface area (Å²) in [5.74, 6) is 2.53. The molecule has 2 aromatic carbocycles. The number of carbonyl (C=O) groups is 1. The molecule has 7 nitrogen and oxygen atoms in total. The SMILES string of the molecule is COc1cc(Cc2nccc3cc(OC)c(OC)cc23)c(NC(=O)[C@H]2[C@@H](C=C(C)C)C2(C)C)cc1OC. The van der Waals surface area contributed by atoms with E-state index in [1.165, 1.54) is 5.57 Å². The number of methoxy groups -OCH3 is 4. The molecule has 4 rings (SSSR count). The van der Waals surface area contributed by atoms with E-state index < -0.39 is 0 Å². The minimum Gasteiger partial charge on any atom is -0.493 e. The molecule has 2 atom stereocenters. The Kier molecular flexibility index (Phi) is 7.35. The van der Waals surface area contributed by atoms with Crippen LogP contribution < -0.4 is 24.3 Å². The molecule has 7 heteroatoms. The van der Waals surface area contributed by atoms with Gasteiger partial charge in [0, 0.05) is 29.8 Å². The van der Waals surface area contributed by atoms with Crippen molar-refractivity contribution in [3.05, 3.63) is 59.4 Å². The Morgan fingerprint density at radius 3 is 2.16 bits per heavy atom. The summed E-state index contributed by atoms with van der Waals surface area (Å²) < 4.78 is 22.1. The lowest BCUT2D eigenvalue weighted by atomic mass is 10.0. The van der Waals surface area contributed by atoms with E-state index in [9.17, 15) is 4.79 Å². The highest BCUT2D eigenvalue weighted by atomic mass is 16.5. The van der Waals surface area contributed by atoms with E-state index in [2.05, 4.69) is 44.1 Å². The first kappa shape index (κ1) is 26.3. The second kappa shape index (κ2) is 10.3. The van der Waals surface area contributed by atoms with E-state index in [1.807, 2.05) is 30.3 Å². The summed E-state index contributed by atoms with van der Waals surface area (Å²) >= 11 is 0. The lowest BCUT2D eigenvalue weighted by Crippen LogP contribution is -2.18. The predicted molar refractivity (Wildman–Crippen MR) is 146 cm³/mol. The molecule has 0 aliphatic heterocycles. The zero-order chi connectivity index (χ0) is 26.9. The van der Waals surface area contributed by atoms with Crippen LogP contribution in [0.15, 0.2) is 48.2 Å². The Bertz CT molecular complexity index is 1360. The summed E-state index contributed by atoms with van der Waals surface area (Å²) in [6.07, 6.45) is 4.44. The second-order valence-corrected chi connectivity index (χ2v) is 10.3. The number of nitrogens with zero attached hydrogens (tertiary/aromatic N) is 1. The van der Waals surface area contributed by atoms with E-state index in [0.717, 1.165) is 22.0 Å². The molecular formula is C30H36N2O5. The van der Waals surface area contributed by atoms with Crippen molar-refractivity contribution < 1.29 is 23.7 Å². The first-order valence-corrected chi connectivity index (χ1v) is 12.3. The van der Waals surface area contributed by atoms with Crippen LogP contribution in [0.5, 0.6) is 23.0 Å². The normalized spacial score (nSPS) is 17.6. The van der Waals surface area contributed by atoms with Gasteiger partial charge in [0.1, 0.15) is 0 Å². The maximum atomic E-state index is 13.4. The molecule has 1 aliphatic rings. The largest absolute Gasteiger partial charge is 0.493 e. The lowest BCUT2D eigenvalue weighted by molar-refractivity contribution is -0.118.